The van der Waals surface area contributed by atoms with E-state index in [0.29, 0.717) is 6.61 Å². The van der Waals surface area contributed by atoms with E-state index in [2.05, 4.69) is 4.84 Å². The molecular formula is C11H17NO7S. The monoisotopic (exact) mass is 307 g/mol. The topological polar surface area (TPSA) is 100 Å². The summed E-state index contributed by atoms with van der Waals surface area (Å²) in [5, 5.41) is 20.2. The zero-order chi connectivity index (χ0) is 14.2. The first-order valence-electron chi connectivity index (χ1n) is 6.65. The molecule has 0 amide bonds. The van der Waals surface area contributed by atoms with Gasteiger partial charge in [0.05, 0.1) is 13.2 Å². The zero-order valence-electron chi connectivity index (χ0n) is 10.8. The Labute approximate surface area is 119 Å². The van der Waals surface area contributed by atoms with Gasteiger partial charge in [0.15, 0.2) is 11.0 Å². The largest absolute Gasteiger partial charge is 0.374 e. The fourth-order valence-corrected chi connectivity index (χ4v) is 4.17. The summed E-state index contributed by atoms with van der Waals surface area (Å²) < 4.78 is 16.5. The van der Waals surface area contributed by atoms with E-state index < -0.39 is 28.3 Å². The molecule has 3 fully saturated rings. The summed E-state index contributed by atoms with van der Waals surface area (Å²) in [6.45, 7) is 0.797. The van der Waals surface area contributed by atoms with E-state index in [1.165, 1.54) is 11.8 Å². The Bertz CT molecular complexity index is 378. The molecular weight excluding hydrogens is 290 g/mol. The molecule has 5 atom stereocenters. The van der Waals surface area contributed by atoms with Gasteiger partial charge < -0.3 is 24.2 Å². The molecule has 3 heterocycles. The number of ether oxygens (including phenoxy) is 3. The highest BCUT2D eigenvalue weighted by atomic mass is 32.2. The van der Waals surface area contributed by atoms with Crippen LogP contribution in [0.4, 0.5) is 0 Å². The first kappa shape index (κ1) is 14.3. The first-order valence-corrected chi connectivity index (χ1v) is 7.53. The van der Waals surface area contributed by atoms with Crippen LogP contribution in [-0.4, -0.2) is 58.7 Å². The Balaban J connectivity index is 1.62. The molecule has 3 aliphatic heterocycles. The molecule has 1 unspecified atom stereocenters. The van der Waals surface area contributed by atoms with Gasteiger partial charge in [0, 0.05) is 6.61 Å². The van der Waals surface area contributed by atoms with Gasteiger partial charge in [-0.15, -0.1) is 10.1 Å². The number of aliphatic hydroxyl groups is 1. The van der Waals surface area contributed by atoms with Crippen molar-refractivity contribution in [1.82, 2.24) is 0 Å². The molecule has 8 nitrogen and oxygen atoms in total. The molecule has 0 bridgehead atoms. The predicted octanol–water partition coefficient (Wildman–Crippen LogP) is 0.309. The van der Waals surface area contributed by atoms with Gasteiger partial charge in [0.25, 0.3) is 5.09 Å². The normalized spacial score (nSPS) is 44.2. The molecule has 9 heteroatoms. The van der Waals surface area contributed by atoms with E-state index in [4.69, 9.17) is 14.2 Å². The maximum Gasteiger partial charge on any atom is 0.294 e. The van der Waals surface area contributed by atoms with Gasteiger partial charge in [-0.05, 0) is 19.3 Å². The second-order valence-corrected chi connectivity index (χ2v) is 6.62. The van der Waals surface area contributed by atoms with Crippen LogP contribution in [0.25, 0.3) is 0 Å². The highest BCUT2D eigenvalue weighted by molar-refractivity contribution is 8.01. The molecule has 3 aliphatic rings. The average molecular weight is 307 g/mol. The summed E-state index contributed by atoms with van der Waals surface area (Å²) in [7, 11) is 0. The van der Waals surface area contributed by atoms with Gasteiger partial charge >= 0.3 is 0 Å². The number of rotatable bonds is 4. The summed E-state index contributed by atoms with van der Waals surface area (Å²) in [6, 6.07) is 0. The van der Waals surface area contributed by atoms with Crippen molar-refractivity contribution >= 4 is 11.8 Å². The highest BCUT2D eigenvalue weighted by Gasteiger charge is 2.58. The lowest BCUT2D eigenvalue weighted by Gasteiger charge is -2.32. The fourth-order valence-electron chi connectivity index (χ4n) is 2.80. The minimum absolute atomic E-state index is 0.0463. The third-order valence-electron chi connectivity index (χ3n) is 3.73. The maximum absolute atomic E-state index is 10.7. The molecule has 3 rings (SSSR count). The standard InChI is InChI=1S/C11H17NO7S/c13-11(20-8-3-1-2-4-16-8)6-18-9-7(19-12(14)15)5-17-10(9)11/h7-10,13H,1-6H2/t7-,8?,9-,10+,11-/m1/s1. The van der Waals surface area contributed by atoms with Crippen LogP contribution < -0.4 is 0 Å². The van der Waals surface area contributed by atoms with Crippen molar-refractivity contribution in [3.8, 4) is 0 Å². The third kappa shape index (κ3) is 2.73. The van der Waals surface area contributed by atoms with E-state index in [1.54, 1.807) is 0 Å². The lowest BCUT2D eigenvalue weighted by Crippen LogP contribution is -2.43. The molecule has 0 radical (unpaired) electrons. The molecule has 0 aromatic heterocycles. The highest BCUT2D eigenvalue weighted by Crippen LogP contribution is 2.45. The van der Waals surface area contributed by atoms with Crippen molar-refractivity contribution in [2.75, 3.05) is 19.8 Å². The molecule has 3 saturated heterocycles. The Morgan fingerprint density at radius 1 is 1.35 bits per heavy atom. The van der Waals surface area contributed by atoms with Crippen LogP contribution in [-0.2, 0) is 19.0 Å². The van der Waals surface area contributed by atoms with E-state index in [0.717, 1.165) is 19.3 Å². The Morgan fingerprint density at radius 3 is 2.90 bits per heavy atom. The molecule has 0 aromatic rings. The first-order chi connectivity index (χ1) is 9.58. The predicted molar refractivity (Wildman–Crippen MR) is 67.5 cm³/mol. The maximum atomic E-state index is 10.7. The molecule has 0 spiro atoms. The summed E-state index contributed by atoms with van der Waals surface area (Å²) in [5.41, 5.74) is -0.0878. The van der Waals surface area contributed by atoms with Gasteiger partial charge in [-0.2, -0.15) is 0 Å². The molecule has 0 aliphatic carbocycles. The van der Waals surface area contributed by atoms with Crippen molar-refractivity contribution in [2.45, 2.75) is 47.9 Å². The van der Waals surface area contributed by atoms with Crippen LogP contribution in [0.2, 0.25) is 0 Å². The number of thioether (sulfide) groups is 1. The summed E-state index contributed by atoms with van der Waals surface area (Å²) in [6.07, 6.45) is 0.963. The smallest absolute Gasteiger partial charge is 0.294 e. The van der Waals surface area contributed by atoms with Crippen molar-refractivity contribution in [3.05, 3.63) is 10.1 Å². The number of hydrogen-bond donors (Lipinski definition) is 1. The van der Waals surface area contributed by atoms with Gasteiger partial charge in [0.2, 0.25) is 0 Å². The Hall–Kier alpha value is -0.610. The van der Waals surface area contributed by atoms with Gasteiger partial charge in [-0.25, -0.2) is 0 Å². The number of fused-ring (bicyclic) bond motifs is 1. The summed E-state index contributed by atoms with van der Waals surface area (Å²) >= 11 is 1.29. The third-order valence-corrected chi connectivity index (χ3v) is 5.12. The van der Waals surface area contributed by atoms with Gasteiger partial charge in [0.1, 0.15) is 17.6 Å². The van der Waals surface area contributed by atoms with E-state index in [9.17, 15) is 15.2 Å². The molecule has 0 saturated carbocycles. The van der Waals surface area contributed by atoms with Crippen molar-refractivity contribution in [3.63, 3.8) is 0 Å². The summed E-state index contributed by atoms with van der Waals surface area (Å²) in [5.74, 6) is 0. The fraction of sp³-hybridized carbons (Fsp3) is 1.00. The second-order valence-electron chi connectivity index (χ2n) is 5.16. The van der Waals surface area contributed by atoms with Crippen LogP contribution in [0.1, 0.15) is 19.3 Å². The molecule has 20 heavy (non-hydrogen) atoms. The van der Waals surface area contributed by atoms with E-state index in [1.807, 2.05) is 0 Å². The molecule has 1 N–H and O–H groups in total. The van der Waals surface area contributed by atoms with Gasteiger partial charge in [-0.1, -0.05) is 11.8 Å². The van der Waals surface area contributed by atoms with Crippen molar-refractivity contribution < 1.29 is 29.2 Å². The van der Waals surface area contributed by atoms with Gasteiger partial charge in [-0.3, -0.25) is 0 Å². The van der Waals surface area contributed by atoms with Crippen molar-refractivity contribution in [2.24, 2.45) is 0 Å². The minimum Gasteiger partial charge on any atom is -0.374 e. The zero-order valence-corrected chi connectivity index (χ0v) is 11.6. The lowest BCUT2D eigenvalue weighted by atomic mass is 10.1. The van der Waals surface area contributed by atoms with E-state index in [-0.39, 0.29) is 18.6 Å². The van der Waals surface area contributed by atoms with Crippen LogP contribution in [0.5, 0.6) is 0 Å². The average Bonchev–Trinajstić information content (AvgIpc) is 2.94. The minimum atomic E-state index is -1.23. The summed E-state index contributed by atoms with van der Waals surface area (Å²) in [4.78, 5) is 13.7. The SMILES string of the molecule is O=[N+]([O-])O[C@@H]1CO[C@H]2[C@@H]1OC[C@@]2(O)SC1CCCCO1. The van der Waals surface area contributed by atoms with Crippen molar-refractivity contribution in [1.29, 1.82) is 0 Å². The Kier molecular flexibility index (Phi) is 4.04. The lowest BCUT2D eigenvalue weighted by molar-refractivity contribution is -0.769. The molecule has 0 aromatic carbocycles. The molecule has 114 valence electrons. The second kappa shape index (κ2) is 5.64. The van der Waals surface area contributed by atoms with Crippen LogP contribution in [0, 0.1) is 10.1 Å². The van der Waals surface area contributed by atoms with Crippen LogP contribution in [0.3, 0.4) is 0 Å². The Morgan fingerprint density at radius 2 is 2.20 bits per heavy atom. The number of hydrogen-bond acceptors (Lipinski definition) is 8. The van der Waals surface area contributed by atoms with Crippen LogP contribution in [0.15, 0.2) is 0 Å². The quantitative estimate of drug-likeness (QED) is 0.450. The van der Waals surface area contributed by atoms with E-state index >= 15 is 0 Å². The van der Waals surface area contributed by atoms with Crippen LogP contribution >= 0.6 is 11.8 Å². The number of nitrogens with zero attached hydrogens (tertiary/aromatic N) is 1.